The zero-order valence-corrected chi connectivity index (χ0v) is 13.5. The summed E-state index contributed by atoms with van der Waals surface area (Å²) in [6.07, 6.45) is 8.14. The molecule has 6 nitrogen and oxygen atoms in total. The van der Waals surface area contributed by atoms with Crippen molar-refractivity contribution >= 4 is 11.7 Å². The van der Waals surface area contributed by atoms with Gasteiger partial charge in [-0.1, -0.05) is 18.2 Å². The highest BCUT2D eigenvalue weighted by atomic mass is 16.2. The lowest BCUT2D eigenvalue weighted by Gasteiger charge is -2.15. The molecule has 4 rings (SSSR count). The van der Waals surface area contributed by atoms with Crippen molar-refractivity contribution in [2.75, 3.05) is 5.32 Å². The highest BCUT2D eigenvalue weighted by molar-refractivity contribution is 5.93. The molecule has 0 fully saturated rings. The van der Waals surface area contributed by atoms with Gasteiger partial charge >= 0.3 is 0 Å². The predicted octanol–water partition coefficient (Wildman–Crippen LogP) is 2.76. The highest BCUT2D eigenvalue weighted by Gasteiger charge is 2.25. The predicted molar refractivity (Wildman–Crippen MR) is 91.2 cm³/mol. The molecule has 1 aliphatic rings. The monoisotopic (exact) mass is 321 g/mol. The third kappa shape index (κ3) is 2.50. The molecule has 2 heterocycles. The van der Waals surface area contributed by atoms with Gasteiger partial charge < -0.3 is 9.88 Å². The Bertz CT molecular complexity index is 851. The van der Waals surface area contributed by atoms with Gasteiger partial charge in [0.2, 0.25) is 5.91 Å². The van der Waals surface area contributed by atoms with Gasteiger partial charge in [-0.05, 0) is 38.3 Å². The molecular formula is C18H19N5O. The van der Waals surface area contributed by atoms with Crippen LogP contribution in [-0.2, 0) is 17.6 Å². The van der Waals surface area contributed by atoms with E-state index < -0.39 is 0 Å². The maximum atomic E-state index is 12.7. The average Bonchev–Trinajstić information content (AvgIpc) is 3.33. The second-order valence-corrected chi connectivity index (χ2v) is 6.05. The first-order chi connectivity index (χ1) is 11.7. The van der Waals surface area contributed by atoms with Crippen molar-refractivity contribution in [3.8, 4) is 5.69 Å². The van der Waals surface area contributed by atoms with Crippen molar-refractivity contribution in [2.24, 2.45) is 0 Å². The normalized spacial score (nSPS) is 14.4. The van der Waals surface area contributed by atoms with Crippen LogP contribution in [0.1, 0.15) is 30.6 Å². The fourth-order valence-corrected chi connectivity index (χ4v) is 3.13. The summed E-state index contributed by atoms with van der Waals surface area (Å²) >= 11 is 0. The Kier molecular flexibility index (Phi) is 3.65. The van der Waals surface area contributed by atoms with Gasteiger partial charge in [-0.3, -0.25) is 4.79 Å². The zero-order chi connectivity index (χ0) is 16.5. The van der Waals surface area contributed by atoms with Crippen molar-refractivity contribution in [3.63, 3.8) is 0 Å². The summed E-state index contributed by atoms with van der Waals surface area (Å²) in [5, 5.41) is 7.81. The Morgan fingerprint density at radius 3 is 2.83 bits per heavy atom. The Morgan fingerprint density at radius 2 is 2.08 bits per heavy atom. The van der Waals surface area contributed by atoms with E-state index in [1.54, 1.807) is 23.3 Å². The topological polar surface area (TPSA) is 64.7 Å². The molecule has 0 spiro atoms. The minimum Gasteiger partial charge on any atom is -0.325 e. The first-order valence-corrected chi connectivity index (χ1v) is 8.18. The molecule has 0 radical (unpaired) electrons. The number of carbonyl (C=O) groups excluding carboxylic acids is 1. The molecule has 0 saturated carbocycles. The molecule has 0 saturated heterocycles. The lowest BCUT2D eigenvalue weighted by atomic mass is 10.2. The number of aryl methyl sites for hydroxylation is 1. The number of benzene rings is 1. The van der Waals surface area contributed by atoms with Crippen LogP contribution in [0.4, 0.5) is 5.82 Å². The van der Waals surface area contributed by atoms with E-state index in [-0.39, 0.29) is 11.9 Å². The molecule has 1 amide bonds. The van der Waals surface area contributed by atoms with E-state index in [0.29, 0.717) is 0 Å². The van der Waals surface area contributed by atoms with Crippen LogP contribution in [0.5, 0.6) is 0 Å². The number of fused-ring (bicyclic) bond motifs is 1. The van der Waals surface area contributed by atoms with Crippen LogP contribution >= 0.6 is 0 Å². The van der Waals surface area contributed by atoms with Gasteiger partial charge in [0.15, 0.2) is 0 Å². The van der Waals surface area contributed by atoms with Gasteiger partial charge in [-0.2, -0.15) is 5.10 Å². The van der Waals surface area contributed by atoms with Gasteiger partial charge in [-0.25, -0.2) is 9.67 Å². The molecule has 1 atom stereocenters. The summed E-state index contributed by atoms with van der Waals surface area (Å²) < 4.78 is 3.64. The number of nitrogens with one attached hydrogen (secondary N) is 1. The second-order valence-electron chi connectivity index (χ2n) is 6.05. The number of carbonyl (C=O) groups is 1. The summed E-state index contributed by atoms with van der Waals surface area (Å²) in [4.78, 5) is 16.7. The first kappa shape index (κ1) is 14.7. The lowest BCUT2D eigenvalue weighted by molar-refractivity contribution is -0.118. The van der Waals surface area contributed by atoms with Gasteiger partial charge in [0.05, 0.1) is 17.7 Å². The number of para-hydroxylation sites is 1. The molecule has 3 aromatic rings. The molecule has 2 aromatic heterocycles. The van der Waals surface area contributed by atoms with E-state index >= 15 is 0 Å². The SMILES string of the molecule is CC(C(=O)Nc1c2c(nn1-c1ccccc1)CCC2)n1ccnc1. The summed E-state index contributed by atoms with van der Waals surface area (Å²) in [6.45, 7) is 1.86. The van der Waals surface area contributed by atoms with Crippen LogP contribution in [0.15, 0.2) is 49.1 Å². The van der Waals surface area contributed by atoms with Crippen LogP contribution in [0.3, 0.4) is 0 Å². The third-order valence-electron chi connectivity index (χ3n) is 4.50. The minimum atomic E-state index is -0.330. The molecule has 1 unspecified atom stereocenters. The van der Waals surface area contributed by atoms with E-state index in [0.717, 1.165) is 42.0 Å². The van der Waals surface area contributed by atoms with Crippen LogP contribution < -0.4 is 5.32 Å². The molecule has 6 heteroatoms. The maximum absolute atomic E-state index is 12.7. The molecule has 1 aromatic carbocycles. The van der Waals surface area contributed by atoms with Gasteiger partial charge in [0, 0.05) is 18.0 Å². The Balaban J connectivity index is 1.68. The molecule has 0 bridgehead atoms. The number of amides is 1. The maximum Gasteiger partial charge on any atom is 0.248 e. The summed E-state index contributed by atoms with van der Waals surface area (Å²) in [6, 6.07) is 9.58. The van der Waals surface area contributed by atoms with Gasteiger partial charge in [0.25, 0.3) is 0 Å². The van der Waals surface area contributed by atoms with Crippen molar-refractivity contribution in [1.29, 1.82) is 0 Å². The molecule has 24 heavy (non-hydrogen) atoms. The van der Waals surface area contributed by atoms with E-state index in [4.69, 9.17) is 5.10 Å². The fraction of sp³-hybridized carbons (Fsp3) is 0.278. The number of nitrogens with zero attached hydrogens (tertiary/aromatic N) is 4. The van der Waals surface area contributed by atoms with E-state index in [1.807, 2.05) is 41.9 Å². The Morgan fingerprint density at radius 1 is 1.25 bits per heavy atom. The Hall–Kier alpha value is -2.89. The van der Waals surface area contributed by atoms with Crippen LogP contribution in [-0.4, -0.2) is 25.2 Å². The van der Waals surface area contributed by atoms with E-state index in [9.17, 15) is 4.79 Å². The fourth-order valence-electron chi connectivity index (χ4n) is 3.13. The number of aromatic nitrogens is 4. The number of hydrogen-bond donors (Lipinski definition) is 1. The molecule has 1 aliphatic carbocycles. The molecular weight excluding hydrogens is 302 g/mol. The summed E-state index contributed by atoms with van der Waals surface area (Å²) in [5.74, 6) is 0.727. The molecule has 0 aliphatic heterocycles. The Labute approximate surface area is 140 Å². The van der Waals surface area contributed by atoms with Crippen molar-refractivity contribution in [2.45, 2.75) is 32.2 Å². The van der Waals surface area contributed by atoms with Crippen molar-refractivity contribution < 1.29 is 4.79 Å². The molecule has 122 valence electrons. The standard InChI is InChI=1S/C18H19N5O/c1-13(22-11-10-19-12-22)18(24)20-17-15-8-5-9-16(15)21-23(17)14-6-3-2-4-7-14/h2-4,6-7,10-13H,5,8-9H2,1H3,(H,20,24). The summed E-state index contributed by atoms with van der Waals surface area (Å²) in [5.41, 5.74) is 3.20. The summed E-state index contributed by atoms with van der Waals surface area (Å²) in [7, 11) is 0. The smallest absolute Gasteiger partial charge is 0.248 e. The minimum absolute atomic E-state index is 0.0696. The highest BCUT2D eigenvalue weighted by Crippen LogP contribution is 2.31. The number of rotatable bonds is 4. The largest absolute Gasteiger partial charge is 0.325 e. The van der Waals surface area contributed by atoms with Gasteiger partial charge in [0.1, 0.15) is 11.9 Å². The first-order valence-electron chi connectivity index (χ1n) is 8.18. The van der Waals surface area contributed by atoms with Crippen molar-refractivity contribution in [1.82, 2.24) is 19.3 Å². The van der Waals surface area contributed by atoms with E-state index in [2.05, 4.69) is 10.3 Å². The number of imidazole rings is 1. The molecule has 1 N–H and O–H groups in total. The third-order valence-corrected chi connectivity index (χ3v) is 4.50. The van der Waals surface area contributed by atoms with Crippen LogP contribution in [0.25, 0.3) is 5.69 Å². The second kappa shape index (κ2) is 5.96. The van der Waals surface area contributed by atoms with Gasteiger partial charge in [-0.15, -0.1) is 0 Å². The lowest BCUT2D eigenvalue weighted by Crippen LogP contribution is -2.24. The van der Waals surface area contributed by atoms with Crippen LogP contribution in [0.2, 0.25) is 0 Å². The van der Waals surface area contributed by atoms with Crippen LogP contribution in [0, 0.1) is 0 Å². The quantitative estimate of drug-likeness (QED) is 0.803. The number of hydrogen-bond acceptors (Lipinski definition) is 3. The zero-order valence-electron chi connectivity index (χ0n) is 13.5. The van der Waals surface area contributed by atoms with E-state index in [1.165, 1.54) is 0 Å². The van der Waals surface area contributed by atoms with Crippen molar-refractivity contribution in [3.05, 3.63) is 60.3 Å². The average molecular weight is 321 g/mol. The number of anilines is 1.